The Morgan fingerprint density at radius 3 is 2.12 bits per heavy atom. The first-order chi connectivity index (χ1) is 16.4. The first-order valence-electron chi connectivity index (χ1n) is 12.7. The van der Waals surface area contributed by atoms with Gasteiger partial charge >= 0.3 is 5.69 Å². The molecule has 0 aliphatic carbocycles. The minimum Gasteiger partial charge on any atom is -0.387 e. The van der Waals surface area contributed by atoms with Gasteiger partial charge < -0.3 is 25.4 Å². The molecule has 0 spiro atoms. The smallest absolute Gasteiger partial charge is 0.330 e. The third-order valence-electron chi connectivity index (χ3n) is 6.31. The van der Waals surface area contributed by atoms with Crippen molar-refractivity contribution >= 4 is 5.91 Å². The summed E-state index contributed by atoms with van der Waals surface area (Å²) in [4.78, 5) is 37.5. The van der Waals surface area contributed by atoms with E-state index in [1.165, 1.54) is 57.8 Å². The van der Waals surface area contributed by atoms with Gasteiger partial charge in [-0.1, -0.05) is 77.6 Å². The lowest BCUT2D eigenvalue weighted by Gasteiger charge is -2.20. The Balaban J connectivity index is 1.62. The summed E-state index contributed by atoms with van der Waals surface area (Å²) in [5.41, 5.74) is -1.46. The molecule has 5 atom stereocenters. The Morgan fingerprint density at radius 1 is 1.00 bits per heavy atom. The minimum absolute atomic E-state index is 0.390. The first-order valence-corrected chi connectivity index (χ1v) is 12.7. The highest BCUT2D eigenvalue weighted by molar-refractivity contribution is 5.81. The monoisotopic (exact) mass is 483 g/mol. The van der Waals surface area contributed by atoms with E-state index in [2.05, 4.69) is 12.2 Å². The second-order valence-corrected chi connectivity index (χ2v) is 9.11. The van der Waals surface area contributed by atoms with Crippen molar-refractivity contribution in [1.82, 2.24) is 14.9 Å². The third kappa shape index (κ3) is 8.65. The normalized spacial score (nSPS) is 23.2. The zero-order chi connectivity index (χ0) is 24.9. The number of nitrogens with zero attached hydrogens (tertiary/aromatic N) is 1. The number of rotatable bonds is 16. The number of aromatic nitrogens is 2. The van der Waals surface area contributed by atoms with Crippen LogP contribution in [0.3, 0.4) is 0 Å². The molecule has 34 heavy (non-hydrogen) atoms. The molecule has 1 aromatic rings. The van der Waals surface area contributed by atoms with Gasteiger partial charge in [0.25, 0.3) is 11.5 Å². The predicted molar refractivity (Wildman–Crippen MR) is 127 cm³/mol. The molecule has 0 bridgehead atoms. The van der Waals surface area contributed by atoms with Crippen LogP contribution in [0.5, 0.6) is 0 Å². The zero-order valence-electron chi connectivity index (χ0n) is 20.2. The van der Waals surface area contributed by atoms with Crippen LogP contribution in [-0.2, 0) is 9.53 Å². The van der Waals surface area contributed by atoms with Crippen molar-refractivity contribution in [2.45, 2.75) is 115 Å². The van der Waals surface area contributed by atoms with Gasteiger partial charge in [-0.15, -0.1) is 0 Å². The molecule has 1 saturated heterocycles. The molecule has 0 saturated carbocycles. The topological polar surface area (TPSA) is 154 Å². The van der Waals surface area contributed by atoms with Crippen LogP contribution in [0.25, 0.3) is 0 Å². The van der Waals surface area contributed by atoms with E-state index in [0.29, 0.717) is 6.54 Å². The van der Waals surface area contributed by atoms with Crippen LogP contribution in [0.15, 0.2) is 21.9 Å². The molecule has 0 radical (unpaired) electrons. The maximum absolute atomic E-state index is 12.3. The zero-order valence-corrected chi connectivity index (χ0v) is 20.2. The van der Waals surface area contributed by atoms with Crippen LogP contribution in [0.4, 0.5) is 0 Å². The number of aliphatic hydroxyl groups is 3. The number of H-pyrrole nitrogens is 1. The van der Waals surface area contributed by atoms with Crippen molar-refractivity contribution in [3.8, 4) is 0 Å². The summed E-state index contributed by atoms with van der Waals surface area (Å²) in [6.45, 7) is 2.62. The largest absolute Gasteiger partial charge is 0.387 e. The number of carbonyl (C=O) groups is 1. The summed E-state index contributed by atoms with van der Waals surface area (Å²) in [6.07, 6.45) is 7.96. The standard InChI is InChI=1S/C24H41N3O7/c1-2-3-4-5-6-7-8-9-10-11-12-13-15-25-22(32)20(31)21-18(29)19(30)23(34-21)27-16-14-17(28)26-24(27)33/h14,16,18-21,23,29-31H,2-13,15H2,1H3,(H,25,32)(H,26,28,33). The Bertz CT molecular complexity index is 840. The van der Waals surface area contributed by atoms with E-state index in [4.69, 9.17) is 4.74 Å². The van der Waals surface area contributed by atoms with E-state index < -0.39 is 47.8 Å². The van der Waals surface area contributed by atoms with Crippen LogP contribution < -0.4 is 16.6 Å². The Kier molecular flexibility index (Phi) is 12.5. The average Bonchev–Trinajstić information content (AvgIpc) is 3.10. The van der Waals surface area contributed by atoms with E-state index in [1.807, 2.05) is 4.98 Å². The lowest BCUT2D eigenvalue weighted by Crippen LogP contribution is -2.47. The summed E-state index contributed by atoms with van der Waals surface area (Å²) < 4.78 is 6.32. The average molecular weight is 484 g/mol. The Labute approximate surface area is 200 Å². The minimum atomic E-state index is -1.72. The molecular weight excluding hydrogens is 442 g/mol. The quantitative estimate of drug-likeness (QED) is 0.222. The van der Waals surface area contributed by atoms with Gasteiger partial charge in [0, 0.05) is 18.8 Å². The molecule has 2 heterocycles. The van der Waals surface area contributed by atoms with Gasteiger partial charge in [-0.3, -0.25) is 19.1 Å². The molecule has 5 N–H and O–H groups in total. The van der Waals surface area contributed by atoms with E-state index in [-0.39, 0.29) is 0 Å². The van der Waals surface area contributed by atoms with E-state index in [9.17, 15) is 29.7 Å². The van der Waals surface area contributed by atoms with Crippen molar-refractivity contribution < 1.29 is 24.9 Å². The number of unbranched alkanes of at least 4 members (excludes halogenated alkanes) is 11. The summed E-state index contributed by atoms with van der Waals surface area (Å²) in [5, 5.41) is 33.4. The maximum atomic E-state index is 12.3. The maximum Gasteiger partial charge on any atom is 0.330 e. The predicted octanol–water partition coefficient (Wildman–Crippen LogP) is 1.33. The van der Waals surface area contributed by atoms with Gasteiger partial charge in [-0.25, -0.2) is 4.79 Å². The van der Waals surface area contributed by atoms with Crippen molar-refractivity contribution in [2.24, 2.45) is 0 Å². The summed E-state index contributed by atoms with van der Waals surface area (Å²) in [6, 6.07) is 1.06. The number of aromatic amines is 1. The Hall–Kier alpha value is -2.01. The molecule has 194 valence electrons. The number of nitrogens with one attached hydrogen (secondary N) is 2. The first kappa shape index (κ1) is 28.2. The molecule has 1 aliphatic rings. The van der Waals surface area contributed by atoms with Crippen molar-refractivity contribution in [2.75, 3.05) is 6.54 Å². The molecule has 1 amide bonds. The van der Waals surface area contributed by atoms with Crippen molar-refractivity contribution in [1.29, 1.82) is 0 Å². The molecule has 1 aliphatic heterocycles. The summed E-state index contributed by atoms with van der Waals surface area (Å²) >= 11 is 0. The van der Waals surface area contributed by atoms with E-state index in [0.717, 1.165) is 36.1 Å². The lowest BCUT2D eigenvalue weighted by atomic mass is 10.0. The van der Waals surface area contributed by atoms with Crippen LogP contribution in [-0.4, -0.2) is 61.7 Å². The highest BCUT2D eigenvalue weighted by Crippen LogP contribution is 2.30. The van der Waals surface area contributed by atoms with E-state index >= 15 is 0 Å². The fourth-order valence-electron chi connectivity index (χ4n) is 4.24. The van der Waals surface area contributed by atoms with Crippen LogP contribution >= 0.6 is 0 Å². The summed E-state index contributed by atoms with van der Waals surface area (Å²) in [7, 11) is 0. The molecule has 2 rings (SSSR count). The Morgan fingerprint density at radius 2 is 1.56 bits per heavy atom. The molecule has 1 aromatic heterocycles. The number of hydrogen-bond donors (Lipinski definition) is 5. The second kappa shape index (κ2) is 15.1. The number of carbonyl (C=O) groups excluding carboxylic acids is 1. The van der Waals surface area contributed by atoms with E-state index in [1.54, 1.807) is 0 Å². The van der Waals surface area contributed by atoms with Crippen LogP contribution in [0, 0.1) is 0 Å². The number of ether oxygens (including phenoxy) is 1. The van der Waals surface area contributed by atoms with Gasteiger partial charge in [0.1, 0.15) is 18.3 Å². The molecule has 1 fully saturated rings. The number of amides is 1. The van der Waals surface area contributed by atoms with Crippen molar-refractivity contribution in [3.05, 3.63) is 33.1 Å². The van der Waals surface area contributed by atoms with Crippen LogP contribution in [0.1, 0.15) is 90.2 Å². The fraction of sp³-hybridized carbons (Fsp3) is 0.792. The third-order valence-corrected chi connectivity index (χ3v) is 6.31. The van der Waals surface area contributed by atoms with Gasteiger partial charge in [0.2, 0.25) is 0 Å². The number of hydrogen-bond acceptors (Lipinski definition) is 7. The lowest BCUT2D eigenvalue weighted by molar-refractivity contribution is -0.143. The SMILES string of the molecule is CCCCCCCCCCCCCCNC(=O)C(O)C1OC(n2ccc(=O)[nH]c2=O)C(O)C1O. The highest BCUT2D eigenvalue weighted by Gasteiger charge is 2.48. The highest BCUT2D eigenvalue weighted by atomic mass is 16.6. The molecule has 5 unspecified atom stereocenters. The van der Waals surface area contributed by atoms with Gasteiger partial charge in [0.15, 0.2) is 12.3 Å². The van der Waals surface area contributed by atoms with Gasteiger partial charge in [0.05, 0.1) is 0 Å². The fourth-order valence-corrected chi connectivity index (χ4v) is 4.24. The molecule has 0 aromatic carbocycles. The van der Waals surface area contributed by atoms with Crippen molar-refractivity contribution in [3.63, 3.8) is 0 Å². The van der Waals surface area contributed by atoms with Gasteiger partial charge in [-0.2, -0.15) is 0 Å². The molecule has 10 heteroatoms. The molecule has 10 nitrogen and oxygen atoms in total. The molecular formula is C24H41N3O7. The van der Waals surface area contributed by atoms with Crippen LogP contribution in [0.2, 0.25) is 0 Å². The van der Waals surface area contributed by atoms with Gasteiger partial charge in [-0.05, 0) is 6.42 Å². The number of aliphatic hydroxyl groups excluding tert-OH is 3. The summed E-state index contributed by atoms with van der Waals surface area (Å²) in [5.74, 6) is -0.714. The second-order valence-electron chi connectivity index (χ2n) is 9.11.